The Bertz CT molecular complexity index is 1280. The Morgan fingerprint density at radius 3 is 2.50 bits per heavy atom. The van der Waals surface area contributed by atoms with E-state index in [1.165, 1.54) is 12.1 Å². The van der Waals surface area contributed by atoms with Crippen molar-refractivity contribution in [2.45, 2.75) is 44.7 Å². The first kappa shape index (κ1) is 22.6. The van der Waals surface area contributed by atoms with Crippen molar-refractivity contribution in [3.8, 4) is 0 Å². The molecule has 5 rings (SSSR count). The number of anilines is 2. The first-order valence-corrected chi connectivity index (χ1v) is 11.5. The highest BCUT2D eigenvalue weighted by Crippen LogP contribution is 2.43. The number of piperazine rings is 1. The number of fused-ring (bicyclic) bond motifs is 1. The molecule has 1 aliphatic carbocycles. The molecule has 7 nitrogen and oxygen atoms in total. The molecule has 1 saturated carbocycles. The molecular formula is C24H27F3N6O. The third-order valence-corrected chi connectivity index (χ3v) is 6.88. The fourth-order valence-corrected chi connectivity index (χ4v) is 4.53. The summed E-state index contributed by atoms with van der Waals surface area (Å²) in [6, 6.07) is 4.92. The van der Waals surface area contributed by atoms with Crippen molar-refractivity contribution in [1.82, 2.24) is 20.1 Å². The van der Waals surface area contributed by atoms with E-state index in [9.17, 15) is 18.0 Å². The molecule has 1 atom stereocenters. The normalized spacial score (nSPS) is 18.4. The molecule has 0 unspecified atom stereocenters. The van der Waals surface area contributed by atoms with Gasteiger partial charge in [-0.1, -0.05) is 18.2 Å². The second-order valence-corrected chi connectivity index (χ2v) is 9.33. The van der Waals surface area contributed by atoms with Crippen LogP contribution in [-0.2, 0) is 5.54 Å². The predicted octanol–water partition coefficient (Wildman–Crippen LogP) is 3.96. The van der Waals surface area contributed by atoms with Crippen molar-refractivity contribution >= 4 is 22.4 Å². The van der Waals surface area contributed by atoms with E-state index in [2.05, 4.69) is 25.7 Å². The number of hydrogen-bond donors (Lipinski definition) is 2. The SMILES string of the molecule is C[C@@H](Nc1nnc(N2CCNCC2)c2cc(=O)n(C3(C)CC3)cc12)c1cccc(C(F)F)c1F. The average Bonchev–Trinajstić information content (AvgIpc) is 3.57. The van der Waals surface area contributed by atoms with E-state index < -0.39 is 23.8 Å². The van der Waals surface area contributed by atoms with Crippen LogP contribution in [0.15, 0.2) is 35.3 Å². The highest BCUT2D eigenvalue weighted by molar-refractivity contribution is 5.98. The topological polar surface area (TPSA) is 75.1 Å². The maximum atomic E-state index is 14.8. The summed E-state index contributed by atoms with van der Waals surface area (Å²) in [5, 5.41) is 16.6. The van der Waals surface area contributed by atoms with E-state index >= 15 is 0 Å². The molecule has 0 spiro atoms. The molecule has 0 radical (unpaired) electrons. The molecule has 1 aliphatic heterocycles. The van der Waals surface area contributed by atoms with Crippen LogP contribution in [0.1, 0.15) is 50.3 Å². The Morgan fingerprint density at radius 1 is 1.12 bits per heavy atom. The lowest BCUT2D eigenvalue weighted by Gasteiger charge is -2.29. The molecule has 180 valence electrons. The summed E-state index contributed by atoms with van der Waals surface area (Å²) >= 11 is 0. The van der Waals surface area contributed by atoms with Crippen LogP contribution in [-0.4, -0.2) is 40.9 Å². The molecule has 2 aromatic heterocycles. The summed E-state index contributed by atoms with van der Waals surface area (Å²) in [5.41, 5.74) is -0.857. The van der Waals surface area contributed by atoms with E-state index in [-0.39, 0.29) is 16.7 Å². The zero-order chi connectivity index (χ0) is 24.0. The van der Waals surface area contributed by atoms with Crippen LogP contribution in [0.2, 0.25) is 0 Å². The van der Waals surface area contributed by atoms with Crippen molar-refractivity contribution in [2.75, 3.05) is 36.4 Å². The number of pyridine rings is 1. The van der Waals surface area contributed by atoms with Gasteiger partial charge in [-0.2, -0.15) is 0 Å². The number of rotatable bonds is 6. The lowest BCUT2D eigenvalue weighted by atomic mass is 10.0. The van der Waals surface area contributed by atoms with E-state index in [4.69, 9.17) is 0 Å². The number of aromatic nitrogens is 3. The van der Waals surface area contributed by atoms with Gasteiger partial charge >= 0.3 is 0 Å². The van der Waals surface area contributed by atoms with Crippen molar-refractivity contribution in [2.24, 2.45) is 0 Å². The van der Waals surface area contributed by atoms with Gasteiger partial charge in [0.1, 0.15) is 5.82 Å². The molecule has 2 fully saturated rings. The minimum absolute atomic E-state index is 0.105. The van der Waals surface area contributed by atoms with Crippen LogP contribution < -0.4 is 21.1 Å². The van der Waals surface area contributed by atoms with Crippen molar-refractivity contribution in [3.05, 3.63) is 57.8 Å². The first-order chi connectivity index (χ1) is 16.3. The average molecular weight is 473 g/mol. The molecule has 3 aromatic rings. The van der Waals surface area contributed by atoms with Crippen LogP contribution in [0.3, 0.4) is 0 Å². The molecule has 3 heterocycles. The summed E-state index contributed by atoms with van der Waals surface area (Å²) in [4.78, 5) is 15.1. The van der Waals surface area contributed by atoms with Gasteiger partial charge in [-0.05, 0) is 26.7 Å². The van der Waals surface area contributed by atoms with Crippen LogP contribution in [0.4, 0.5) is 24.8 Å². The maximum Gasteiger partial charge on any atom is 0.266 e. The standard InChI is InChI=1S/C24H27F3N6O/c1-14(15-4-3-5-16(20(15)25)21(26)27)29-22-18-13-33(24(2)6-7-24)19(34)12-17(18)23(31-30-22)32-10-8-28-9-11-32/h3-5,12-14,21,28H,6-11H2,1-2H3,(H,29,30)/t14-/m1/s1. The number of alkyl halides is 2. The monoisotopic (exact) mass is 472 g/mol. The molecule has 10 heteroatoms. The van der Waals surface area contributed by atoms with Crippen molar-refractivity contribution in [1.29, 1.82) is 0 Å². The quantitative estimate of drug-likeness (QED) is 0.566. The molecular weight excluding hydrogens is 445 g/mol. The number of hydrogen-bond acceptors (Lipinski definition) is 6. The Balaban J connectivity index is 1.59. The van der Waals surface area contributed by atoms with Gasteiger partial charge in [0.2, 0.25) is 0 Å². The van der Waals surface area contributed by atoms with Gasteiger partial charge in [-0.15, -0.1) is 10.2 Å². The Labute approximate surface area is 195 Å². The largest absolute Gasteiger partial charge is 0.361 e. The zero-order valence-corrected chi connectivity index (χ0v) is 19.1. The third kappa shape index (κ3) is 4.00. The fraction of sp³-hybridized carbons (Fsp3) is 0.458. The summed E-state index contributed by atoms with van der Waals surface area (Å²) < 4.78 is 42.9. The van der Waals surface area contributed by atoms with Gasteiger partial charge in [-0.25, -0.2) is 13.2 Å². The van der Waals surface area contributed by atoms with E-state index in [1.54, 1.807) is 23.8 Å². The fourth-order valence-electron chi connectivity index (χ4n) is 4.53. The molecule has 34 heavy (non-hydrogen) atoms. The van der Waals surface area contributed by atoms with E-state index in [0.29, 0.717) is 22.4 Å². The number of benzene rings is 1. The summed E-state index contributed by atoms with van der Waals surface area (Å²) in [5.74, 6) is 0.0709. The molecule has 2 aliphatic rings. The highest BCUT2D eigenvalue weighted by atomic mass is 19.3. The van der Waals surface area contributed by atoms with Gasteiger partial charge in [0.05, 0.1) is 11.6 Å². The van der Waals surface area contributed by atoms with Gasteiger partial charge in [0, 0.05) is 60.3 Å². The number of nitrogens with one attached hydrogen (secondary N) is 2. The first-order valence-electron chi connectivity index (χ1n) is 11.5. The summed E-state index contributed by atoms with van der Waals surface area (Å²) in [6.45, 7) is 6.79. The highest BCUT2D eigenvalue weighted by Gasteiger charge is 2.40. The van der Waals surface area contributed by atoms with Crippen molar-refractivity contribution < 1.29 is 13.2 Å². The Kier molecular flexibility index (Phi) is 5.71. The van der Waals surface area contributed by atoms with Gasteiger partial charge in [0.15, 0.2) is 11.6 Å². The lowest BCUT2D eigenvalue weighted by molar-refractivity contribution is 0.146. The van der Waals surface area contributed by atoms with Crippen LogP contribution in [0, 0.1) is 5.82 Å². The minimum atomic E-state index is -2.90. The Morgan fingerprint density at radius 2 is 1.82 bits per heavy atom. The van der Waals surface area contributed by atoms with Gasteiger partial charge in [-0.3, -0.25) is 4.79 Å². The second-order valence-electron chi connectivity index (χ2n) is 9.33. The summed E-state index contributed by atoms with van der Waals surface area (Å²) in [7, 11) is 0. The minimum Gasteiger partial charge on any atom is -0.361 e. The Hall–Kier alpha value is -3.14. The van der Waals surface area contributed by atoms with Crippen LogP contribution >= 0.6 is 0 Å². The summed E-state index contributed by atoms with van der Waals surface area (Å²) in [6.07, 6.45) is 0.713. The van der Waals surface area contributed by atoms with Crippen LogP contribution in [0.25, 0.3) is 10.8 Å². The molecule has 0 bridgehead atoms. The third-order valence-electron chi connectivity index (χ3n) is 6.88. The van der Waals surface area contributed by atoms with Crippen LogP contribution in [0.5, 0.6) is 0 Å². The molecule has 1 aromatic carbocycles. The van der Waals surface area contributed by atoms with Crippen molar-refractivity contribution in [3.63, 3.8) is 0 Å². The van der Waals surface area contributed by atoms with Gasteiger partial charge in [0.25, 0.3) is 12.0 Å². The predicted molar refractivity (Wildman–Crippen MR) is 125 cm³/mol. The second kappa shape index (κ2) is 8.57. The molecule has 1 saturated heterocycles. The molecule has 2 N–H and O–H groups in total. The maximum absolute atomic E-state index is 14.8. The van der Waals surface area contributed by atoms with E-state index in [0.717, 1.165) is 45.1 Å². The van der Waals surface area contributed by atoms with Gasteiger partial charge < -0.3 is 20.1 Å². The number of nitrogens with zero attached hydrogens (tertiary/aromatic N) is 4. The van der Waals surface area contributed by atoms with E-state index in [1.807, 2.05) is 6.92 Å². The zero-order valence-electron chi connectivity index (χ0n) is 19.1. The number of halogens is 3. The molecule has 0 amide bonds. The smallest absolute Gasteiger partial charge is 0.266 e. The lowest BCUT2D eigenvalue weighted by Crippen LogP contribution is -2.44.